The predicted octanol–water partition coefficient (Wildman–Crippen LogP) is 5.22. The zero-order valence-corrected chi connectivity index (χ0v) is 17.8. The van der Waals surface area contributed by atoms with Crippen LogP contribution >= 0.6 is 11.6 Å². The van der Waals surface area contributed by atoms with Gasteiger partial charge in [0.1, 0.15) is 16.6 Å². The van der Waals surface area contributed by atoms with E-state index in [1.54, 1.807) is 29.2 Å². The summed E-state index contributed by atoms with van der Waals surface area (Å²) < 4.78 is 47.7. The Balaban J connectivity index is 1.69. The SMILES string of the molecule is COc1ccc(C2CC(C(F)(F)F)n3nc(C(=O)N4CCCCCC4)c(Cl)c3N2)cc1. The lowest BCUT2D eigenvalue weighted by Gasteiger charge is -2.33. The number of likely N-dealkylation sites (tertiary alicyclic amines) is 1. The Labute approximate surface area is 183 Å². The minimum Gasteiger partial charge on any atom is -0.497 e. The quantitative estimate of drug-likeness (QED) is 0.687. The van der Waals surface area contributed by atoms with Crippen molar-refractivity contribution in [2.45, 2.75) is 50.4 Å². The van der Waals surface area contributed by atoms with Crippen LogP contribution in [0.1, 0.15) is 60.2 Å². The lowest BCUT2D eigenvalue weighted by molar-refractivity contribution is -0.173. The third-order valence-corrected chi connectivity index (χ3v) is 6.27. The van der Waals surface area contributed by atoms with E-state index in [1.807, 2.05) is 0 Å². The summed E-state index contributed by atoms with van der Waals surface area (Å²) in [6, 6.07) is 4.29. The number of carbonyl (C=O) groups excluding carboxylic acids is 1. The third kappa shape index (κ3) is 4.33. The fourth-order valence-electron chi connectivity index (χ4n) is 4.20. The maximum Gasteiger partial charge on any atom is 0.410 e. The molecule has 2 unspecified atom stereocenters. The largest absolute Gasteiger partial charge is 0.497 e. The Kier molecular flexibility index (Phi) is 6.05. The second kappa shape index (κ2) is 8.61. The lowest BCUT2D eigenvalue weighted by Crippen LogP contribution is -2.36. The van der Waals surface area contributed by atoms with Gasteiger partial charge >= 0.3 is 6.18 Å². The molecule has 4 rings (SSSR count). The number of alkyl halides is 3. The molecule has 1 N–H and O–H groups in total. The second-order valence-electron chi connectivity index (χ2n) is 7.93. The number of anilines is 1. The van der Waals surface area contributed by atoms with Crippen molar-refractivity contribution < 1.29 is 22.7 Å². The van der Waals surface area contributed by atoms with E-state index >= 15 is 0 Å². The summed E-state index contributed by atoms with van der Waals surface area (Å²) in [6.07, 6.45) is -1.03. The van der Waals surface area contributed by atoms with E-state index in [0.29, 0.717) is 24.4 Å². The first-order valence-corrected chi connectivity index (χ1v) is 10.7. The number of ether oxygens (including phenoxy) is 1. The summed E-state index contributed by atoms with van der Waals surface area (Å²) >= 11 is 6.43. The van der Waals surface area contributed by atoms with Crippen molar-refractivity contribution in [3.05, 3.63) is 40.5 Å². The number of methoxy groups -OCH3 is 1. The van der Waals surface area contributed by atoms with Gasteiger partial charge in [0.15, 0.2) is 11.7 Å². The molecule has 0 spiro atoms. The van der Waals surface area contributed by atoms with Gasteiger partial charge in [-0.1, -0.05) is 36.6 Å². The van der Waals surface area contributed by atoms with Gasteiger partial charge in [0, 0.05) is 19.5 Å². The van der Waals surface area contributed by atoms with Crippen LogP contribution in [0.4, 0.5) is 19.0 Å². The molecule has 2 aliphatic rings. The molecule has 1 aromatic carbocycles. The summed E-state index contributed by atoms with van der Waals surface area (Å²) in [5, 5.41) is 7.05. The summed E-state index contributed by atoms with van der Waals surface area (Å²) in [4.78, 5) is 14.6. The van der Waals surface area contributed by atoms with Crippen LogP contribution in [0, 0.1) is 0 Å². The number of nitrogens with zero attached hydrogens (tertiary/aromatic N) is 3. The van der Waals surface area contributed by atoms with E-state index < -0.39 is 24.2 Å². The van der Waals surface area contributed by atoms with Crippen molar-refractivity contribution in [3.8, 4) is 5.75 Å². The average molecular weight is 457 g/mol. The molecule has 1 amide bonds. The number of benzene rings is 1. The fourth-order valence-corrected chi connectivity index (χ4v) is 4.46. The number of fused-ring (bicyclic) bond motifs is 1. The normalized spacial score (nSPS) is 21.8. The predicted molar refractivity (Wildman–Crippen MR) is 111 cm³/mol. The van der Waals surface area contributed by atoms with Gasteiger partial charge in [-0.25, -0.2) is 4.68 Å². The van der Waals surface area contributed by atoms with E-state index in [4.69, 9.17) is 16.3 Å². The second-order valence-corrected chi connectivity index (χ2v) is 8.30. The molecule has 1 saturated heterocycles. The molecule has 2 atom stereocenters. The first-order valence-electron chi connectivity index (χ1n) is 10.3. The number of hydrogen-bond acceptors (Lipinski definition) is 4. The van der Waals surface area contributed by atoms with E-state index in [-0.39, 0.29) is 23.0 Å². The van der Waals surface area contributed by atoms with Crippen molar-refractivity contribution in [3.63, 3.8) is 0 Å². The first kappa shape index (κ1) is 21.8. The van der Waals surface area contributed by atoms with E-state index in [9.17, 15) is 18.0 Å². The van der Waals surface area contributed by atoms with Crippen LogP contribution in [0.2, 0.25) is 5.02 Å². The number of carbonyl (C=O) groups is 1. The number of hydrogen-bond donors (Lipinski definition) is 1. The van der Waals surface area contributed by atoms with E-state index in [2.05, 4.69) is 10.4 Å². The molecule has 0 aliphatic carbocycles. The molecule has 1 aromatic heterocycles. The van der Waals surface area contributed by atoms with Gasteiger partial charge < -0.3 is 15.0 Å². The highest BCUT2D eigenvalue weighted by molar-refractivity contribution is 6.36. The van der Waals surface area contributed by atoms with Crippen LogP contribution in [0.3, 0.4) is 0 Å². The molecular formula is C21H24ClF3N4O2. The highest BCUT2D eigenvalue weighted by Gasteiger charge is 2.48. The summed E-state index contributed by atoms with van der Waals surface area (Å²) in [7, 11) is 1.52. The molecule has 6 nitrogen and oxygen atoms in total. The Morgan fingerprint density at radius 2 is 1.81 bits per heavy atom. The van der Waals surface area contributed by atoms with Crippen molar-refractivity contribution in [1.82, 2.24) is 14.7 Å². The molecule has 0 radical (unpaired) electrons. The first-order chi connectivity index (χ1) is 14.8. The molecule has 3 heterocycles. The molecular weight excluding hydrogens is 433 g/mol. The van der Waals surface area contributed by atoms with E-state index in [1.165, 1.54) is 7.11 Å². The van der Waals surface area contributed by atoms with Crippen LogP contribution in [-0.4, -0.2) is 47.0 Å². The number of rotatable bonds is 3. The van der Waals surface area contributed by atoms with Crippen molar-refractivity contribution in [2.24, 2.45) is 0 Å². The molecule has 168 valence electrons. The Morgan fingerprint density at radius 1 is 1.16 bits per heavy atom. The average Bonchev–Trinajstić information content (AvgIpc) is 2.93. The topological polar surface area (TPSA) is 59.4 Å². The van der Waals surface area contributed by atoms with Gasteiger partial charge in [-0.2, -0.15) is 18.3 Å². The van der Waals surface area contributed by atoms with Crippen LogP contribution in [0.25, 0.3) is 0 Å². The van der Waals surface area contributed by atoms with E-state index in [0.717, 1.165) is 30.4 Å². The lowest BCUT2D eigenvalue weighted by atomic mass is 9.97. The molecule has 2 aromatic rings. The van der Waals surface area contributed by atoms with Gasteiger partial charge in [0.05, 0.1) is 13.2 Å². The van der Waals surface area contributed by atoms with Crippen LogP contribution in [0.5, 0.6) is 5.75 Å². The minimum atomic E-state index is -4.54. The number of nitrogens with one attached hydrogen (secondary N) is 1. The zero-order valence-electron chi connectivity index (χ0n) is 17.1. The van der Waals surface area contributed by atoms with Crippen LogP contribution in [-0.2, 0) is 0 Å². The molecule has 0 saturated carbocycles. The molecule has 10 heteroatoms. The van der Waals surface area contributed by atoms with Gasteiger partial charge in [0.2, 0.25) is 0 Å². The van der Waals surface area contributed by atoms with Gasteiger partial charge in [0.25, 0.3) is 5.91 Å². The standard InChI is InChI=1S/C21H24ClF3N4O2/c1-31-14-8-6-13(7-9-14)15-12-16(21(23,24)25)29-19(26-15)17(22)18(27-29)20(30)28-10-4-2-3-5-11-28/h6-9,15-16,26H,2-5,10-12H2,1H3. The zero-order chi connectivity index (χ0) is 22.2. The Morgan fingerprint density at radius 3 is 2.39 bits per heavy atom. The molecule has 1 fully saturated rings. The molecule has 31 heavy (non-hydrogen) atoms. The van der Waals surface area contributed by atoms with Crippen molar-refractivity contribution in [2.75, 3.05) is 25.5 Å². The number of amides is 1. The van der Waals surface area contributed by atoms with Gasteiger partial charge in [-0.15, -0.1) is 0 Å². The Hall–Kier alpha value is -2.42. The van der Waals surface area contributed by atoms with Gasteiger partial charge in [-0.05, 0) is 30.5 Å². The van der Waals surface area contributed by atoms with Crippen molar-refractivity contribution in [1.29, 1.82) is 0 Å². The number of halogens is 4. The Bertz CT molecular complexity index is 937. The van der Waals surface area contributed by atoms with Crippen molar-refractivity contribution >= 4 is 23.3 Å². The third-order valence-electron chi connectivity index (χ3n) is 5.91. The smallest absolute Gasteiger partial charge is 0.410 e. The maximum absolute atomic E-state index is 13.9. The monoisotopic (exact) mass is 456 g/mol. The molecule has 2 aliphatic heterocycles. The summed E-state index contributed by atoms with van der Waals surface area (Å²) in [6.45, 7) is 1.11. The molecule has 0 bridgehead atoms. The highest BCUT2D eigenvalue weighted by Crippen LogP contribution is 2.46. The number of aromatic nitrogens is 2. The fraction of sp³-hybridized carbons (Fsp3) is 0.524. The maximum atomic E-state index is 13.9. The van der Waals surface area contributed by atoms with Gasteiger partial charge in [-0.3, -0.25) is 4.79 Å². The summed E-state index contributed by atoms with van der Waals surface area (Å²) in [5.41, 5.74) is 0.537. The minimum absolute atomic E-state index is 0.0224. The van der Waals surface area contributed by atoms with Crippen LogP contribution in [0.15, 0.2) is 24.3 Å². The highest BCUT2D eigenvalue weighted by atomic mass is 35.5. The summed E-state index contributed by atoms with van der Waals surface area (Å²) in [5.74, 6) is 0.215. The van der Waals surface area contributed by atoms with Crippen LogP contribution < -0.4 is 10.1 Å².